The third-order valence-corrected chi connectivity index (χ3v) is 1.77. The quantitative estimate of drug-likeness (QED) is 0.331. The standard InChI is InChI=1S/C10H15.2ClH.Hf/c1-8-5-6-9(7-8)10(2,3)4;;;/h5-7H,1-4H3;2*1H;/q-1;;;/p-2. The Bertz CT molecular complexity index is 223. The van der Waals surface area contributed by atoms with E-state index >= 15 is 0 Å². The van der Waals surface area contributed by atoms with Crippen LogP contribution in [0.2, 0.25) is 0 Å². The zero-order valence-electron chi connectivity index (χ0n) is 8.49. The normalized spacial score (nSPS) is 9.23. The topological polar surface area (TPSA) is 0 Å². The van der Waals surface area contributed by atoms with Crippen molar-refractivity contribution < 1.29 is 50.7 Å². The summed E-state index contributed by atoms with van der Waals surface area (Å²) in [5, 5.41) is 0. The second kappa shape index (κ2) is 7.14. The first-order chi connectivity index (χ1) is 4.50. The van der Waals surface area contributed by atoms with Crippen molar-refractivity contribution in [2.75, 3.05) is 0 Å². The van der Waals surface area contributed by atoms with Gasteiger partial charge in [0.1, 0.15) is 0 Å². The molecule has 1 aromatic carbocycles. The Morgan fingerprint density at radius 1 is 1.15 bits per heavy atom. The van der Waals surface area contributed by atoms with Crippen LogP contribution >= 0.6 is 0 Å². The Kier molecular flexibility index (Phi) is 10.6. The van der Waals surface area contributed by atoms with E-state index in [1.807, 2.05) is 0 Å². The number of aryl methyl sites for hydroxylation is 1. The van der Waals surface area contributed by atoms with Gasteiger partial charge in [0, 0.05) is 25.8 Å². The Morgan fingerprint density at radius 3 is 1.77 bits per heavy atom. The second-order valence-corrected chi connectivity index (χ2v) is 3.93. The number of rotatable bonds is 0. The molecule has 1 rings (SSSR count). The van der Waals surface area contributed by atoms with E-state index in [0.717, 1.165) is 0 Å². The van der Waals surface area contributed by atoms with Gasteiger partial charge in [-0.3, -0.25) is 0 Å². The fourth-order valence-corrected chi connectivity index (χ4v) is 1.03. The van der Waals surface area contributed by atoms with Crippen LogP contribution in [0.1, 0.15) is 31.9 Å². The maximum Gasteiger partial charge on any atom is 0 e. The van der Waals surface area contributed by atoms with E-state index in [2.05, 4.69) is 45.9 Å². The molecule has 0 spiro atoms. The van der Waals surface area contributed by atoms with Crippen molar-refractivity contribution in [2.45, 2.75) is 33.1 Å². The van der Waals surface area contributed by atoms with Gasteiger partial charge in [0.2, 0.25) is 0 Å². The van der Waals surface area contributed by atoms with E-state index < -0.39 is 0 Å². The molecule has 0 nitrogen and oxygen atoms in total. The van der Waals surface area contributed by atoms with Crippen LogP contribution in [0.4, 0.5) is 0 Å². The molecule has 0 amide bonds. The minimum Gasteiger partial charge on any atom is -1.00 e. The van der Waals surface area contributed by atoms with Crippen molar-refractivity contribution in [3.8, 4) is 0 Å². The Balaban J connectivity index is -0.000000333. The van der Waals surface area contributed by atoms with Gasteiger partial charge in [-0.25, -0.2) is 6.07 Å². The summed E-state index contributed by atoms with van der Waals surface area (Å²) in [5.41, 5.74) is 3.11. The van der Waals surface area contributed by atoms with Crippen LogP contribution < -0.4 is 24.8 Å². The first kappa shape index (κ1) is 19.4. The molecular formula is C10H15Cl2Hf-3. The van der Waals surface area contributed by atoms with Crippen molar-refractivity contribution in [1.29, 1.82) is 0 Å². The summed E-state index contributed by atoms with van der Waals surface area (Å²) in [6, 6.07) is 6.62. The van der Waals surface area contributed by atoms with Gasteiger partial charge >= 0.3 is 0 Å². The molecule has 76 valence electrons. The average Bonchev–Trinajstić information content (AvgIpc) is 2.11. The van der Waals surface area contributed by atoms with Crippen molar-refractivity contribution in [2.24, 2.45) is 0 Å². The first-order valence-electron chi connectivity index (χ1n) is 3.74. The molecule has 0 bridgehead atoms. The molecule has 0 saturated heterocycles. The van der Waals surface area contributed by atoms with Crippen molar-refractivity contribution in [1.82, 2.24) is 0 Å². The van der Waals surface area contributed by atoms with Crippen molar-refractivity contribution in [3.05, 3.63) is 29.3 Å². The Labute approximate surface area is 112 Å². The summed E-state index contributed by atoms with van der Waals surface area (Å²) >= 11 is 0. The van der Waals surface area contributed by atoms with Gasteiger partial charge in [-0.2, -0.15) is 23.3 Å². The number of hydrogen-bond acceptors (Lipinski definition) is 0. The SMILES string of the molecule is Cc1cc(C(C)(C)C)c[cH-]1.[Cl-].[Cl-].[Hf]. The third-order valence-electron chi connectivity index (χ3n) is 1.77. The average molecular weight is 385 g/mol. The fraction of sp³-hybridized carbons (Fsp3) is 0.500. The van der Waals surface area contributed by atoms with Crippen molar-refractivity contribution in [3.63, 3.8) is 0 Å². The molecule has 0 aromatic heterocycles. The molecule has 3 heteroatoms. The zero-order valence-corrected chi connectivity index (χ0v) is 13.6. The van der Waals surface area contributed by atoms with E-state index in [1.165, 1.54) is 11.1 Å². The van der Waals surface area contributed by atoms with E-state index in [-0.39, 0.29) is 50.7 Å². The van der Waals surface area contributed by atoms with E-state index in [0.29, 0.717) is 5.41 Å². The van der Waals surface area contributed by atoms with Gasteiger partial charge < -0.3 is 24.8 Å². The third kappa shape index (κ3) is 5.98. The van der Waals surface area contributed by atoms with Gasteiger partial charge in [-0.05, 0) is 0 Å². The molecule has 0 aliphatic heterocycles. The summed E-state index contributed by atoms with van der Waals surface area (Å²) in [6.45, 7) is 8.85. The summed E-state index contributed by atoms with van der Waals surface area (Å²) in [5.74, 6) is 0. The van der Waals surface area contributed by atoms with Gasteiger partial charge in [-0.1, -0.05) is 33.1 Å². The van der Waals surface area contributed by atoms with Crippen LogP contribution in [0.3, 0.4) is 0 Å². The van der Waals surface area contributed by atoms with Crippen LogP contribution in [0.15, 0.2) is 18.2 Å². The molecule has 0 atom stereocenters. The fourth-order valence-electron chi connectivity index (χ4n) is 1.03. The molecule has 0 aliphatic rings. The minimum absolute atomic E-state index is 0. The monoisotopic (exact) mass is 385 g/mol. The minimum atomic E-state index is 0. The molecular weight excluding hydrogens is 370 g/mol. The molecule has 13 heavy (non-hydrogen) atoms. The van der Waals surface area contributed by atoms with E-state index in [9.17, 15) is 0 Å². The summed E-state index contributed by atoms with van der Waals surface area (Å²) in [7, 11) is 0. The van der Waals surface area contributed by atoms with Gasteiger partial charge in [0.05, 0.1) is 0 Å². The molecule has 0 N–H and O–H groups in total. The predicted molar refractivity (Wildman–Crippen MR) is 45.5 cm³/mol. The molecule has 0 heterocycles. The van der Waals surface area contributed by atoms with Gasteiger partial charge in [-0.15, -0.1) is 0 Å². The molecule has 0 unspecified atom stereocenters. The largest absolute Gasteiger partial charge is 1.00 e. The van der Waals surface area contributed by atoms with Crippen LogP contribution in [0, 0.1) is 6.92 Å². The van der Waals surface area contributed by atoms with E-state index in [4.69, 9.17) is 0 Å². The smallest absolute Gasteiger partial charge is 0 e. The number of hydrogen-bond donors (Lipinski definition) is 0. The Morgan fingerprint density at radius 2 is 1.62 bits per heavy atom. The maximum atomic E-state index is 2.25. The van der Waals surface area contributed by atoms with E-state index in [1.54, 1.807) is 0 Å². The van der Waals surface area contributed by atoms with Gasteiger partial charge in [0.25, 0.3) is 0 Å². The van der Waals surface area contributed by atoms with Crippen LogP contribution in [-0.2, 0) is 31.3 Å². The summed E-state index contributed by atoms with van der Waals surface area (Å²) < 4.78 is 0. The van der Waals surface area contributed by atoms with Crippen LogP contribution in [0.5, 0.6) is 0 Å². The molecule has 0 aliphatic carbocycles. The second-order valence-electron chi connectivity index (χ2n) is 3.93. The predicted octanol–water partition coefficient (Wildman–Crippen LogP) is -2.98. The van der Waals surface area contributed by atoms with Crippen LogP contribution in [0.25, 0.3) is 0 Å². The molecule has 1 aromatic rings. The molecule has 0 radical (unpaired) electrons. The van der Waals surface area contributed by atoms with Crippen molar-refractivity contribution >= 4 is 0 Å². The van der Waals surface area contributed by atoms with Crippen LogP contribution in [-0.4, -0.2) is 0 Å². The number of halogens is 2. The molecule has 0 saturated carbocycles. The summed E-state index contributed by atoms with van der Waals surface area (Å²) in [4.78, 5) is 0. The van der Waals surface area contributed by atoms with Gasteiger partial charge in [0.15, 0.2) is 0 Å². The first-order valence-corrected chi connectivity index (χ1v) is 3.74. The Hall–Kier alpha value is 0.800. The molecule has 0 fully saturated rings. The maximum absolute atomic E-state index is 2.25. The summed E-state index contributed by atoms with van der Waals surface area (Å²) in [6.07, 6.45) is 0. The zero-order chi connectivity index (χ0) is 7.78.